The van der Waals surface area contributed by atoms with Gasteiger partial charge in [-0.15, -0.1) is 11.3 Å². The minimum atomic E-state index is -0.332. The van der Waals surface area contributed by atoms with Gasteiger partial charge in [0.2, 0.25) is 0 Å². The molecule has 1 amide bonds. The van der Waals surface area contributed by atoms with Gasteiger partial charge in [-0.1, -0.05) is 25.1 Å². The molecular formula is C16H15N3O2S. The normalized spacial score (nSPS) is 10.8. The Kier molecular flexibility index (Phi) is 3.77. The number of aromatic nitrogens is 2. The van der Waals surface area contributed by atoms with Crippen LogP contribution in [0.5, 0.6) is 0 Å². The molecule has 112 valence electrons. The van der Waals surface area contributed by atoms with Crippen LogP contribution in [0.1, 0.15) is 23.0 Å². The number of anilines is 1. The fourth-order valence-electron chi connectivity index (χ4n) is 2.33. The van der Waals surface area contributed by atoms with Crippen LogP contribution in [0.15, 0.2) is 46.7 Å². The predicted octanol–water partition coefficient (Wildman–Crippen LogP) is 2.60. The van der Waals surface area contributed by atoms with Crippen LogP contribution in [0.2, 0.25) is 0 Å². The first-order valence-corrected chi connectivity index (χ1v) is 7.83. The highest BCUT2D eigenvalue weighted by Crippen LogP contribution is 2.16. The number of hydrogen-bond acceptors (Lipinski definition) is 4. The molecule has 6 heteroatoms. The minimum Gasteiger partial charge on any atom is -0.311 e. The van der Waals surface area contributed by atoms with E-state index in [0.717, 1.165) is 5.69 Å². The molecule has 0 atom stereocenters. The maximum Gasteiger partial charge on any atom is 0.271 e. The SMILES string of the molecule is CCc1nc2sccn2c(=O)c1C(=O)N(C)c1ccccc1. The number of aryl methyl sites for hydroxylation is 1. The summed E-state index contributed by atoms with van der Waals surface area (Å²) in [7, 11) is 1.67. The summed E-state index contributed by atoms with van der Waals surface area (Å²) >= 11 is 1.38. The maximum atomic E-state index is 12.8. The number of thiazole rings is 1. The fourth-order valence-corrected chi connectivity index (χ4v) is 3.05. The van der Waals surface area contributed by atoms with Crippen molar-refractivity contribution in [3.63, 3.8) is 0 Å². The molecule has 0 radical (unpaired) electrons. The lowest BCUT2D eigenvalue weighted by Gasteiger charge is -2.18. The highest BCUT2D eigenvalue weighted by Gasteiger charge is 2.23. The Bertz CT molecular complexity index is 883. The molecule has 3 rings (SSSR count). The van der Waals surface area contributed by atoms with Gasteiger partial charge < -0.3 is 4.90 Å². The molecule has 5 nitrogen and oxygen atoms in total. The zero-order valence-electron chi connectivity index (χ0n) is 12.3. The van der Waals surface area contributed by atoms with E-state index in [1.165, 1.54) is 20.6 Å². The topological polar surface area (TPSA) is 54.7 Å². The quantitative estimate of drug-likeness (QED) is 0.747. The van der Waals surface area contributed by atoms with Crippen molar-refractivity contribution in [2.24, 2.45) is 0 Å². The number of rotatable bonds is 3. The summed E-state index contributed by atoms with van der Waals surface area (Å²) in [6, 6.07) is 9.25. The van der Waals surface area contributed by atoms with E-state index in [1.54, 1.807) is 18.6 Å². The largest absolute Gasteiger partial charge is 0.311 e. The third kappa shape index (κ3) is 2.31. The second-order valence-electron chi connectivity index (χ2n) is 4.85. The van der Waals surface area contributed by atoms with Crippen LogP contribution >= 0.6 is 11.3 Å². The number of nitrogens with zero attached hydrogens (tertiary/aromatic N) is 3. The first kappa shape index (κ1) is 14.5. The Morgan fingerprint density at radius 2 is 2.05 bits per heavy atom. The number of amides is 1. The van der Waals surface area contributed by atoms with Crippen LogP contribution in [0, 0.1) is 0 Å². The van der Waals surface area contributed by atoms with E-state index in [9.17, 15) is 9.59 Å². The predicted molar refractivity (Wildman–Crippen MR) is 87.9 cm³/mol. The molecule has 0 spiro atoms. The van der Waals surface area contributed by atoms with Gasteiger partial charge in [-0.05, 0) is 18.6 Å². The molecule has 0 N–H and O–H groups in total. The third-order valence-electron chi connectivity index (χ3n) is 3.54. The van der Waals surface area contributed by atoms with Gasteiger partial charge in [-0.3, -0.25) is 14.0 Å². The molecule has 0 aliphatic rings. The van der Waals surface area contributed by atoms with Crippen LogP contribution in [0.3, 0.4) is 0 Å². The molecule has 0 aliphatic heterocycles. The first-order chi connectivity index (χ1) is 10.6. The Morgan fingerprint density at radius 3 is 2.73 bits per heavy atom. The van der Waals surface area contributed by atoms with Crippen molar-refractivity contribution < 1.29 is 4.79 Å². The van der Waals surface area contributed by atoms with Gasteiger partial charge in [0.05, 0.1) is 5.69 Å². The lowest BCUT2D eigenvalue weighted by Crippen LogP contribution is -2.34. The summed E-state index contributed by atoms with van der Waals surface area (Å²) in [5.41, 5.74) is 1.12. The van der Waals surface area contributed by atoms with Crippen LogP contribution < -0.4 is 10.5 Å². The molecule has 1 aromatic carbocycles. The highest BCUT2D eigenvalue weighted by atomic mass is 32.1. The summed E-state index contributed by atoms with van der Waals surface area (Å²) in [5.74, 6) is -0.332. The summed E-state index contributed by atoms with van der Waals surface area (Å²) in [5, 5.41) is 1.79. The van der Waals surface area contributed by atoms with E-state index < -0.39 is 0 Å². The highest BCUT2D eigenvalue weighted by molar-refractivity contribution is 7.15. The standard InChI is InChI=1S/C16H15N3O2S/c1-3-12-13(15(21)19-9-10-22-16(19)17-12)14(20)18(2)11-7-5-4-6-8-11/h4-10H,3H2,1-2H3. The van der Waals surface area contributed by atoms with E-state index >= 15 is 0 Å². The number of carbonyl (C=O) groups is 1. The van der Waals surface area contributed by atoms with Gasteiger partial charge in [0.15, 0.2) is 4.96 Å². The van der Waals surface area contributed by atoms with Gasteiger partial charge in [0, 0.05) is 24.3 Å². The van der Waals surface area contributed by atoms with Crippen molar-refractivity contribution in [3.05, 3.63) is 63.5 Å². The first-order valence-electron chi connectivity index (χ1n) is 6.95. The van der Waals surface area contributed by atoms with Gasteiger partial charge in [-0.25, -0.2) is 4.98 Å². The van der Waals surface area contributed by atoms with Crippen molar-refractivity contribution >= 4 is 27.9 Å². The Morgan fingerprint density at radius 1 is 1.32 bits per heavy atom. The molecule has 0 unspecified atom stereocenters. The Balaban J connectivity index is 2.14. The third-order valence-corrected chi connectivity index (χ3v) is 4.29. The summed E-state index contributed by atoms with van der Waals surface area (Å²) in [6.07, 6.45) is 2.18. The zero-order chi connectivity index (χ0) is 15.7. The molecule has 2 heterocycles. The van der Waals surface area contributed by atoms with E-state index in [-0.39, 0.29) is 17.0 Å². The Hall–Kier alpha value is -2.47. The monoisotopic (exact) mass is 313 g/mol. The summed E-state index contributed by atoms with van der Waals surface area (Å²) in [4.78, 5) is 32.0. The van der Waals surface area contributed by atoms with Crippen molar-refractivity contribution in [2.75, 3.05) is 11.9 Å². The maximum absolute atomic E-state index is 12.8. The molecule has 0 fully saturated rings. The van der Waals surface area contributed by atoms with Gasteiger partial charge in [0.1, 0.15) is 5.56 Å². The lowest BCUT2D eigenvalue weighted by atomic mass is 10.1. The average molecular weight is 313 g/mol. The van der Waals surface area contributed by atoms with E-state index in [4.69, 9.17) is 0 Å². The Labute approximate surface area is 131 Å². The van der Waals surface area contributed by atoms with Crippen LogP contribution in [-0.2, 0) is 6.42 Å². The molecule has 0 saturated heterocycles. The molecule has 0 aliphatic carbocycles. The van der Waals surface area contributed by atoms with Crippen LogP contribution in [-0.4, -0.2) is 22.3 Å². The zero-order valence-corrected chi connectivity index (χ0v) is 13.1. The van der Waals surface area contributed by atoms with Gasteiger partial charge in [-0.2, -0.15) is 0 Å². The minimum absolute atomic E-state index is 0.143. The lowest BCUT2D eigenvalue weighted by molar-refractivity contribution is 0.0990. The van der Waals surface area contributed by atoms with Gasteiger partial charge >= 0.3 is 0 Å². The smallest absolute Gasteiger partial charge is 0.271 e. The van der Waals surface area contributed by atoms with Crippen molar-refractivity contribution in [1.82, 2.24) is 9.38 Å². The van der Waals surface area contributed by atoms with Crippen LogP contribution in [0.25, 0.3) is 4.96 Å². The van der Waals surface area contributed by atoms with E-state index in [2.05, 4.69) is 4.98 Å². The molecule has 3 aromatic rings. The number of carbonyl (C=O) groups excluding carboxylic acids is 1. The van der Waals surface area contributed by atoms with E-state index in [0.29, 0.717) is 17.1 Å². The number of para-hydroxylation sites is 1. The number of hydrogen-bond donors (Lipinski definition) is 0. The van der Waals surface area contributed by atoms with Gasteiger partial charge in [0.25, 0.3) is 11.5 Å². The second-order valence-corrected chi connectivity index (χ2v) is 5.72. The molecule has 0 saturated carbocycles. The number of benzene rings is 1. The summed E-state index contributed by atoms with van der Waals surface area (Å²) < 4.78 is 1.43. The molecule has 22 heavy (non-hydrogen) atoms. The van der Waals surface area contributed by atoms with Crippen molar-refractivity contribution in [3.8, 4) is 0 Å². The van der Waals surface area contributed by atoms with Crippen molar-refractivity contribution in [2.45, 2.75) is 13.3 Å². The second kappa shape index (κ2) is 5.73. The number of fused-ring (bicyclic) bond motifs is 1. The van der Waals surface area contributed by atoms with Crippen LogP contribution in [0.4, 0.5) is 5.69 Å². The van der Waals surface area contributed by atoms with E-state index in [1.807, 2.05) is 37.3 Å². The average Bonchev–Trinajstić information content (AvgIpc) is 3.03. The fraction of sp³-hybridized carbons (Fsp3) is 0.188. The summed E-state index contributed by atoms with van der Waals surface area (Å²) in [6.45, 7) is 1.89. The molecular weight excluding hydrogens is 298 g/mol. The van der Waals surface area contributed by atoms with Crippen molar-refractivity contribution in [1.29, 1.82) is 0 Å². The molecule has 0 bridgehead atoms. The molecule has 2 aromatic heterocycles.